The average molecular weight is 337 g/mol. The first-order chi connectivity index (χ1) is 11.2. The third-order valence-corrected chi connectivity index (χ3v) is 4.04. The number of aromatic nitrogens is 2. The minimum absolute atomic E-state index is 0.00872. The molecule has 0 unspecified atom stereocenters. The number of halogens is 3. The van der Waals surface area contributed by atoms with Gasteiger partial charge < -0.3 is 11.2 Å². The zero-order valence-corrected chi connectivity index (χ0v) is 13.3. The highest BCUT2D eigenvalue weighted by Gasteiger charge is 2.34. The van der Waals surface area contributed by atoms with Crippen molar-refractivity contribution in [1.82, 2.24) is 10.2 Å². The van der Waals surface area contributed by atoms with Crippen molar-refractivity contribution in [2.75, 3.05) is 5.32 Å². The summed E-state index contributed by atoms with van der Waals surface area (Å²) in [5, 5.41) is 13.9. The van der Waals surface area contributed by atoms with E-state index in [4.69, 9.17) is 5.84 Å². The Morgan fingerprint density at radius 2 is 2.04 bits per heavy atom. The molecule has 0 aliphatic heterocycles. The predicted molar refractivity (Wildman–Crippen MR) is 86.1 cm³/mol. The van der Waals surface area contributed by atoms with Gasteiger partial charge in [0.15, 0.2) is 5.82 Å². The van der Waals surface area contributed by atoms with Gasteiger partial charge >= 0.3 is 6.18 Å². The SMILES string of the molecule is CC1(C)C/C(=N/N)c2c(Nc3cccc(C(F)(F)F)c3)n[nH]c2C1. The van der Waals surface area contributed by atoms with Crippen molar-refractivity contribution in [3.63, 3.8) is 0 Å². The van der Waals surface area contributed by atoms with Crippen molar-refractivity contribution in [2.45, 2.75) is 32.9 Å². The first-order valence-corrected chi connectivity index (χ1v) is 7.48. The normalized spacial score (nSPS) is 18.5. The molecule has 1 aliphatic rings. The van der Waals surface area contributed by atoms with Crippen molar-refractivity contribution < 1.29 is 13.2 Å². The minimum Gasteiger partial charge on any atom is -0.338 e. The molecule has 128 valence electrons. The van der Waals surface area contributed by atoms with Crippen LogP contribution in [-0.2, 0) is 12.6 Å². The lowest BCUT2D eigenvalue weighted by atomic mass is 9.75. The maximum atomic E-state index is 12.8. The fourth-order valence-corrected chi connectivity index (χ4v) is 3.01. The minimum atomic E-state index is -4.39. The van der Waals surface area contributed by atoms with Crippen molar-refractivity contribution in [3.05, 3.63) is 41.1 Å². The van der Waals surface area contributed by atoms with Crippen LogP contribution in [0.3, 0.4) is 0 Å². The summed E-state index contributed by atoms with van der Waals surface area (Å²) in [7, 11) is 0. The van der Waals surface area contributed by atoms with Crippen molar-refractivity contribution in [3.8, 4) is 0 Å². The van der Waals surface area contributed by atoms with Crippen LogP contribution in [0.1, 0.15) is 37.1 Å². The third-order valence-electron chi connectivity index (χ3n) is 4.04. The molecule has 0 spiro atoms. The van der Waals surface area contributed by atoms with E-state index in [1.54, 1.807) is 6.07 Å². The van der Waals surface area contributed by atoms with Crippen LogP contribution in [0, 0.1) is 5.41 Å². The lowest BCUT2D eigenvalue weighted by Crippen LogP contribution is -2.28. The van der Waals surface area contributed by atoms with Crippen LogP contribution in [-0.4, -0.2) is 15.9 Å². The van der Waals surface area contributed by atoms with E-state index in [1.165, 1.54) is 6.07 Å². The maximum Gasteiger partial charge on any atom is 0.416 e. The number of hydrazone groups is 1. The first-order valence-electron chi connectivity index (χ1n) is 7.48. The second-order valence-electron chi connectivity index (χ2n) is 6.72. The number of nitrogens with one attached hydrogen (secondary N) is 2. The van der Waals surface area contributed by atoms with E-state index in [2.05, 4.69) is 34.5 Å². The highest BCUT2D eigenvalue weighted by atomic mass is 19.4. The van der Waals surface area contributed by atoms with E-state index in [9.17, 15) is 13.2 Å². The number of benzene rings is 1. The highest BCUT2D eigenvalue weighted by molar-refractivity contribution is 6.07. The number of nitrogens with zero attached hydrogens (tertiary/aromatic N) is 2. The van der Waals surface area contributed by atoms with Crippen LogP contribution < -0.4 is 11.2 Å². The van der Waals surface area contributed by atoms with E-state index in [0.717, 1.165) is 29.8 Å². The first kappa shape index (κ1) is 16.4. The number of hydrogen-bond acceptors (Lipinski definition) is 4. The van der Waals surface area contributed by atoms with Gasteiger partial charge in [0, 0.05) is 11.4 Å². The fraction of sp³-hybridized carbons (Fsp3) is 0.375. The van der Waals surface area contributed by atoms with Crippen LogP contribution in [0.15, 0.2) is 29.4 Å². The molecule has 1 aliphatic carbocycles. The molecule has 0 amide bonds. The van der Waals surface area contributed by atoms with Gasteiger partial charge in [0.2, 0.25) is 0 Å². The van der Waals surface area contributed by atoms with Gasteiger partial charge in [0.25, 0.3) is 0 Å². The van der Waals surface area contributed by atoms with Crippen LogP contribution in [0.5, 0.6) is 0 Å². The van der Waals surface area contributed by atoms with Gasteiger partial charge in [-0.2, -0.15) is 23.4 Å². The number of rotatable bonds is 2. The molecule has 3 rings (SSSR count). The van der Waals surface area contributed by atoms with Crippen LogP contribution >= 0.6 is 0 Å². The molecule has 0 fully saturated rings. The Morgan fingerprint density at radius 3 is 2.71 bits per heavy atom. The lowest BCUT2D eigenvalue weighted by Gasteiger charge is -2.29. The molecule has 0 atom stereocenters. The molecule has 8 heteroatoms. The molecule has 0 saturated carbocycles. The number of fused-ring (bicyclic) bond motifs is 1. The summed E-state index contributed by atoms with van der Waals surface area (Å²) in [5.41, 5.74) is 1.89. The Kier molecular flexibility index (Phi) is 3.77. The smallest absolute Gasteiger partial charge is 0.338 e. The Labute approximate surface area is 137 Å². The molecular formula is C16H18F3N5. The zero-order valence-electron chi connectivity index (χ0n) is 13.3. The van der Waals surface area contributed by atoms with E-state index >= 15 is 0 Å². The number of alkyl halides is 3. The van der Waals surface area contributed by atoms with E-state index < -0.39 is 11.7 Å². The molecule has 1 aromatic carbocycles. The molecule has 0 bridgehead atoms. The molecule has 5 nitrogen and oxygen atoms in total. The third kappa shape index (κ3) is 3.08. The quantitative estimate of drug-likeness (QED) is 0.576. The van der Waals surface area contributed by atoms with E-state index in [-0.39, 0.29) is 5.41 Å². The monoisotopic (exact) mass is 337 g/mol. The molecular weight excluding hydrogens is 319 g/mol. The summed E-state index contributed by atoms with van der Waals surface area (Å²) in [4.78, 5) is 0. The zero-order chi connectivity index (χ0) is 17.5. The summed E-state index contributed by atoms with van der Waals surface area (Å²) < 4.78 is 38.5. The van der Waals surface area contributed by atoms with Crippen molar-refractivity contribution in [2.24, 2.45) is 16.4 Å². The van der Waals surface area contributed by atoms with Gasteiger partial charge in [-0.3, -0.25) is 5.10 Å². The van der Waals surface area contributed by atoms with Crippen molar-refractivity contribution >= 4 is 17.2 Å². The van der Waals surface area contributed by atoms with Crippen LogP contribution in [0.2, 0.25) is 0 Å². The van der Waals surface area contributed by atoms with Gasteiger partial charge in [-0.15, -0.1) is 0 Å². The number of H-pyrrole nitrogens is 1. The molecule has 1 heterocycles. The van der Waals surface area contributed by atoms with E-state index in [1.807, 2.05) is 0 Å². The number of hydrogen-bond donors (Lipinski definition) is 3. The molecule has 0 saturated heterocycles. The summed E-state index contributed by atoms with van der Waals surface area (Å²) in [6.07, 6.45) is -2.96. The molecule has 1 aromatic heterocycles. The number of aromatic amines is 1. The number of anilines is 2. The second kappa shape index (κ2) is 5.54. The second-order valence-corrected chi connectivity index (χ2v) is 6.72. The van der Waals surface area contributed by atoms with Crippen LogP contribution in [0.4, 0.5) is 24.7 Å². The number of nitrogens with two attached hydrogens (primary N) is 1. The Morgan fingerprint density at radius 1 is 1.29 bits per heavy atom. The Bertz CT molecular complexity index is 789. The Balaban J connectivity index is 1.95. The van der Waals surface area contributed by atoms with Crippen molar-refractivity contribution in [1.29, 1.82) is 0 Å². The van der Waals surface area contributed by atoms with Gasteiger partial charge in [0.1, 0.15) is 0 Å². The van der Waals surface area contributed by atoms with Gasteiger partial charge in [-0.1, -0.05) is 19.9 Å². The molecule has 24 heavy (non-hydrogen) atoms. The topological polar surface area (TPSA) is 79.1 Å². The Hall–Kier alpha value is -2.51. The van der Waals surface area contributed by atoms with Crippen LogP contribution in [0.25, 0.3) is 0 Å². The summed E-state index contributed by atoms with van der Waals surface area (Å²) >= 11 is 0. The van der Waals surface area contributed by atoms with Gasteiger partial charge in [-0.05, 0) is 36.5 Å². The molecule has 2 aromatic rings. The standard InChI is InChI=1S/C16H18F3N5/c1-15(2)7-11(22-20)13-12(8-15)23-24-14(13)21-10-5-3-4-9(6-10)16(17,18)19/h3-6H,7-8,20H2,1-2H3,(H2,21,23,24)/b22-11-. The fourth-order valence-electron chi connectivity index (χ4n) is 3.01. The van der Waals surface area contributed by atoms with Gasteiger partial charge in [-0.25, -0.2) is 0 Å². The summed E-state index contributed by atoms with van der Waals surface area (Å²) in [6.45, 7) is 4.20. The average Bonchev–Trinajstić information content (AvgIpc) is 2.87. The summed E-state index contributed by atoms with van der Waals surface area (Å²) in [5.74, 6) is 5.95. The maximum absolute atomic E-state index is 12.8. The molecule has 4 N–H and O–H groups in total. The largest absolute Gasteiger partial charge is 0.416 e. The predicted octanol–water partition coefficient (Wildman–Crippen LogP) is 3.81. The highest BCUT2D eigenvalue weighted by Crippen LogP contribution is 2.38. The van der Waals surface area contributed by atoms with Gasteiger partial charge in [0.05, 0.1) is 16.8 Å². The van der Waals surface area contributed by atoms with E-state index in [0.29, 0.717) is 23.6 Å². The lowest BCUT2D eigenvalue weighted by molar-refractivity contribution is -0.137. The summed E-state index contributed by atoms with van der Waals surface area (Å²) in [6, 6.07) is 4.99. The molecule has 0 radical (unpaired) electrons.